The third kappa shape index (κ3) is 5.48. The van der Waals surface area contributed by atoms with E-state index in [9.17, 15) is 22.0 Å². The van der Waals surface area contributed by atoms with Crippen LogP contribution in [0, 0.1) is 11.6 Å². The van der Waals surface area contributed by atoms with Gasteiger partial charge in [-0.1, -0.05) is 6.07 Å². The molecule has 0 aliphatic heterocycles. The molecule has 29 heavy (non-hydrogen) atoms. The Morgan fingerprint density at radius 3 is 2.45 bits per heavy atom. The van der Waals surface area contributed by atoms with E-state index in [1.54, 1.807) is 18.5 Å². The number of aromatic nitrogens is 1. The molecule has 0 unspecified atom stereocenters. The third-order valence-electron chi connectivity index (χ3n) is 3.77. The molecular formula is C19H16F2N4O3S. The quantitative estimate of drug-likeness (QED) is 0.571. The number of rotatable bonds is 6. The average Bonchev–Trinajstić information content (AvgIpc) is 2.70. The van der Waals surface area contributed by atoms with Crippen molar-refractivity contribution in [2.75, 3.05) is 10.0 Å². The average molecular weight is 418 g/mol. The van der Waals surface area contributed by atoms with Crippen LogP contribution in [0.25, 0.3) is 0 Å². The first-order valence-electron chi connectivity index (χ1n) is 8.35. The van der Waals surface area contributed by atoms with E-state index >= 15 is 0 Å². The number of hydrogen-bond donors (Lipinski definition) is 3. The van der Waals surface area contributed by atoms with Crippen LogP contribution in [-0.4, -0.2) is 19.4 Å². The van der Waals surface area contributed by atoms with Crippen molar-refractivity contribution in [3.05, 3.63) is 84.2 Å². The molecule has 1 heterocycles. The third-order valence-corrected chi connectivity index (χ3v) is 5.16. The van der Waals surface area contributed by atoms with E-state index in [-0.39, 0.29) is 17.1 Å². The number of pyridine rings is 1. The predicted octanol–water partition coefficient (Wildman–Crippen LogP) is 3.48. The zero-order valence-electron chi connectivity index (χ0n) is 14.9. The molecule has 1 aromatic heterocycles. The minimum atomic E-state index is -4.09. The number of amides is 2. The molecule has 0 radical (unpaired) electrons. The number of nitrogens with zero attached hydrogens (tertiary/aromatic N) is 1. The van der Waals surface area contributed by atoms with Gasteiger partial charge in [0.1, 0.15) is 11.6 Å². The number of carbonyl (C=O) groups excluding carboxylic acids is 1. The van der Waals surface area contributed by atoms with Crippen LogP contribution in [0.5, 0.6) is 0 Å². The Kier molecular flexibility index (Phi) is 6.03. The molecule has 3 aromatic rings. The second-order valence-electron chi connectivity index (χ2n) is 5.92. The molecule has 0 fully saturated rings. The monoisotopic (exact) mass is 418 g/mol. The van der Waals surface area contributed by atoms with Crippen molar-refractivity contribution >= 4 is 27.4 Å². The smallest absolute Gasteiger partial charge is 0.319 e. The van der Waals surface area contributed by atoms with Crippen LogP contribution >= 0.6 is 0 Å². The standard InChI is InChI=1S/C19H16F2N4O3S/c20-14-3-8-18(17(21)10-14)25-29(27,28)16-6-4-15(5-7-16)24-19(26)23-12-13-2-1-9-22-11-13/h1-11,25H,12H2,(H2,23,24,26). The molecule has 10 heteroatoms. The van der Waals surface area contributed by atoms with Crippen molar-refractivity contribution in [2.24, 2.45) is 0 Å². The molecule has 0 spiro atoms. The first-order valence-corrected chi connectivity index (χ1v) is 9.83. The molecule has 150 valence electrons. The van der Waals surface area contributed by atoms with Crippen LogP contribution in [0.1, 0.15) is 5.56 Å². The molecule has 0 aliphatic carbocycles. The van der Waals surface area contributed by atoms with Gasteiger partial charge >= 0.3 is 6.03 Å². The molecule has 0 bridgehead atoms. The van der Waals surface area contributed by atoms with Gasteiger partial charge in [-0.25, -0.2) is 22.0 Å². The van der Waals surface area contributed by atoms with Crippen molar-refractivity contribution in [1.82, 2.24) is 10.3 Å². The largest absolute Gasteiger partial charge is 0.334 e. The maximum absolute atomic E-state index is 13.7. The van der Waals surface area contributed by atoms with Crippen molar-refractivity contribution in [3.63, 3.8) is 0 Å². The summed E-state index contributed by atoms with van der Waals surface area (Å²) in [4.78, 5) is 15.7. The molecule has 2 amide bonds. The highest BCUT2D eigenvalue weighted by Crippen LogP contribution is 2.21. The van der Waals surface area contributed by atoms with Gasteiger partial charge in [-0.05, 0) is 48.0 Å². The lowest BCUT2D eigenvalue weighted by atomic mass is 10.3. The lowest BCUT2D eigenvalue weighted by molar-refractivity contribution is 0.251. The fourth-order valence-electron chi connectivity index (χ4n) is 2.35. The van der Waals surface area contributed by atoms with Crippen LogP contribution < -0.4 is 15.4 Å². The molecule has 0 atom stereocenters. The molecule has 3 rings (SSSR count). The second-order valence-corrected chi connectivity index (χ2v) is 7.61. The van der Waals surface area contributed by atoms with Crippen LogP contribution in [-0.2, 0) is 16.6 Å². The Hall–Kier alpha value is -3.53. The van der Waals surface area contributed by atoms with Gasteiger partial charge in [-0.2, -0.15) is 0 Å². The van der Waals surface area contributed by atoms with Crippen molar-refractivity contribution in [2.45, 2.75) is 11.4 Å². The van der Waals surface area contributed by atoms with Gasteiger partial charge < -0.3 is 10.6 Å². The maximum atomic E-state index is 13.7. The summed E-state index contributed by atoms with van der Waals surface area (Å²) in [6.07, 6.45) is 3.25. The van der Waals surface area contributed by atoms with E-state index in [4.69, 9.17) is 0 Å². The van der Waals surface area contributed by atoms with Gasteiger partial charge in [0, 0.05) is 30.7 Å². The van der Waals surface area contributed by atoms with E-state index in [0.717, 1.165) is 17.7 Å². The van der Waals surface area contributed by atoms with Crippen molar-refractivity contribution in [1.29, 1.82) is 0 Å². The van der Waals surface area contributed by atoms with Crippen LogP contribution in [0.3, 0.4) is 0 Å². The lowest BCUT2D eigenvalue weighted by Crippen LogP contribution is -2.28. The molecule has 0 saturated carbocycles. The molecule has 0 aliphatic rings. The van der Waals surface area contributed by atoms with E-state index in [2.05, 4.69) is 20.3 Å². The highest BCUT2D eigenvalue weighted by Gasteiger charge is 2.17. The van der Waals surface area contributed by atoms with Gasteiger partial charge in [-0.3, -0.25) is 9.71 Å². The molecule has 0 saturated heterocycles. The van der Waals surface area contributed by atoms with E-state index in [1.807, 2.05) is 6.07 Å². The summed E-state index contributed by atoms with van der Waals surface area (Å²) in [5.74, 6) is -1.85. The highest BCUT2D eigenvalue weighted by atomic mass is 32.2. The van der Waals surface area contributed by atoms with E-state index < -0.39 is 27.7 Å². The van der Waals surface area contributed by atoms with Crippen LogP contribution in [0.15, 0.2) is 71.9 Å². The fourth-order valence-corrected chi connectivity index (χ4v) is 3.42. The van der Waals surface area contributed by atoms with Crippen LogP contribution in [0.2, 0.25) is 0 Å². The number of hydrogen-bond acceptors (Lipinski definition) is 4. The summed E-state index contributed by atoms with van der Waals surface area (Å²) in [6, 6.07) is 10.9. The Labute approximate surface area is 165 Å². The number of sulfonamides is 1. The number of nitrogens with one attached hydrogen (secondary N) is 3. The second kappa shape index (κ2) is 8.65. The predicted molar refractivity (Wildman–Crippen MR) is 104 cm³/mol. The van der Waals surface area contributed by atoms with Crippen LogP contribution in [0.4, 0.5) is 25.0 Å². The number of anilines is 2. The Morgan fingerprint density at radius 2 is 1.79 bits per heavy atom. The minimum absolute atomic E-state index is 0.150. The van der Waals surface area contributed by atoms with E-state index in [1.165, 1.54) is 24.3 Å². The summed E-state index contributed by atoms with van der Waals surface area (Å²) in [5, 5.41) is 5.21. The summed E-state index contributed by atoms with van der Waals surface area (Å²) >= 11 is 0. The summed E-state index contributed by atoms with van der Waals surface area (Å²) < 4.78 is 53.4. The van der Waals surface area contributed by atoms with Gasteiger partial charge in [0.2, 0.25) is 0 Å². The zero-order valence-corrected chi connectivity index (χ0v) is 15.7. The Balaban J connectivity index is 1.62. The lowest BCUT2D eigenvalue weighted by Gasteiger charge is -2.11. The molecular weight excluding hydrogens is 402 g/mol. The van der Waals surface area contributed by atoms with Gasteiger partial charge in [0.05, 0.1) is 10.6 Å². The normalized spacial score (nSPS) is 11.0. The van der Waals surface area contributed by atoms with Crippen molar-refractivity contribution < 1.29 is 22.0 Å². The zero-order chi connectivity index (χ0) is 20.9. The number of benzene rings is 2. The summed E-state index contributed by atoms with van der Waals surface area (Å²) in [6.45, 7) is 0.277. The first-order chi connectivity index (χ1) is 13.8. The minimum Gasteiger partial charge on any atom is -0.334 e. The van der Waals surface area contributed by atoms with Crippen molar-refractivity contribution in [3.8, 4) is 0 Å². The molecule has 3 N–H and O–H groups in total. The summed E-state index contributed by atoms with van der Waals surface area (Å²) in [5.41, 5.74) is 0.812. The van der Waals surface area contributed by atoms with Gasteiger partial charge in [0.15, 0.2) is 0 Å². The number of urea groups is 1. The SMILES string of the molecule is O=C(NCc1cccnc1)Nc1ccc(S(=O)(=O)Nc2ccc(F)cc2F)cc1. The number of carbonyl (C=O) groups is 1. The highest BCUT2D eigenvalue weighted by molar-refractivity contribution is 7.92. The molecule has 2 aromatic carbocycles. The van der Waals surface area contributed by atoms with Gasteiger partial charge in [0.25, 0.3) is 10.0 Å². The number of halogens is 2. The maximum Gasteiger partial charge on any atom is 0.319 e. The Bertz CT molecular complexity index is 1110. The first kappa shape index (κ1) is 20.2. The molecule has 7 nitrogen and oxygen atoms in total. The van der Waals surface area contributed by atoms with Gasteiger partial charge in [-0.15, -0.1) is 0 Å². The Morgan fingerprint density at radius 1 is 1.03 bits per heavy atom. The summed E-state index contributed by atoms with van der Waals surface area (Å²) in [7, 11) is -4.09. The topological polar surface area (TPSA) is 100 Å². The fraction of sp³-hybridized carbons (Fsp3) is 0.0526. The van der Waals surface area contributed by atoms with E-state index in [0.29, 0.717) is 11.8 Å².